The Kier molecular flexibility index (Phi) is 8.56. The summed E-state index contributed by atoms with van der Waals surface area (Å²) in [6.45, 7) is 6.50. The predicted molar refractivity (Wildman–Crippen MR) is 133 cm³/mol. The zero-order valence-electron chi connectivity index (χ0n) is 19.9. The van der Waals surface area contributed by atoms with Crippen molar-refractivity contribution in [2.45, 2.75) is 38.1 Å². The minimum Gasteiger partial charge on any atom is -0.337 e. The fraction of sp³-hybridized carbons (Fsp3) is 0.480. The number of benzene rings is 2. The molecular weight excluding hydrogens is 458 g/mol. The maximum Gasteiger partial charge on any atom is 0.243 e. The molecule has 0 unspecified atom stereocenters. The van der Waals surface area contributed by atoms with Gasteiger partial charge in [-0.3, -0.25) is 4.79 Å². The van der Waals surface area contributed by atoms with Crippen LogP contribution >= 0.6 is 11.6 Å². The highest BCUT2D eigenvalue weighted by Crippen LogP contribution is 2.27. The van der Waals surface area contributed by atoms with Crippen LogP contribution in [-0.4, -0.2) is 68.7 Å². The molecule has 8 heteroatoms. The number of aryl methyl sites for hydroxylation is 2. The van der Waals surface area contributed by atoms with Gasteiger partial charge in [0.05, 0.1) is 4.90 Å². The number of piperidine rings is 1. The zero-order chi connectivity index (χ0) is 24.2. The van der Waals surface area contributed by atoms with Crippen molar-refractivity contribution < 1.29 is 13.2 Å². The van der Waals surface area contributed by atoms with E-state index in [4.69, 9.17) is 11.6 Å². The van der Waals surface area contributed by atoms with Gasteiger partial charge in [0.25, 0.3) is 0 Å². The minimum absolute atomic E-state index is 0.0926. The van der Waals surface area contributed by atoms with E-state index in [-0.39, 0.29) is 11.8 Å². The topological polar surface area (TPSA) is 60.9 Å². The maximum absolute atomic E-state index is 13.4. The first-order chi connectivity index (χ1) is 15.6. The number of hydrogen-bond donors (Lipinski definition) is 0. The van der Waals surface area contributed by atoms with Gasteiger partial charge >= 0.3 is 0 Å². The lowest BCUT2D eigenvalue weighted by atomic mass is 9.96. The third-order valence-electron chi connectivity index (χ3n) is 6.33. The lowest BCUT2D eigenvalue weighted by molar-refractivity contribution is -0.137. The summed E-state index contributed by atoms with van der Waals surface area (Å²) in [6, 6.07) is 12.8. The van der Waals surface area contributed by atoms with Crippen LogP contribution in [0.5, 0.6) is 0 Å². The Morgan fingerprint density at radius 1 is 1.00 bits per heavy atom. The summed E-state index contributed by atoms with van der Waals surface area (Å²) < 4.78 is 27.8. The van der Waals surface area contributed by atoms with Crippen LogP contribution in [0.4, 0.5) is 0 Å². The molecule has 3 rings (SSSR count). The molecule has 0 saturated carbocycles. The molecule has 0 aromatic heterocycles. The number of nitrogens with zero attached hydrogens (tertiary/aromatic N) is 3. The van der Waals surface area contributed by atoms with Crippen molar-refractivity contribution in [2.24, 2.45) is 5.92 Å². The van der Waals surface area contributed by atoms with E-state index in [0.717, 1.165) is 23.2 Å². The van der Waals surface area contributed by atoms with E-state index < -0.39 is 10.0 Å². The molecule has 2 aromatic rings. The molecule has 1 aliphatic rings. The smallest absolute Gasteiger partial charge is 0.243 e. The van der Waals surface area contributed by atoms with Crippen molar-refractivity contribution in [2.75, 3.05) is 40.3 Å². The lowest BCUT2D eigenvalue weighted by Crippen LogP contribution is -2.45. The van der Waals surface area contributed by atoms with E-state index >= 15 is 0 Å². The van der Waals surface area contributed by atoms with Crippen LogP contribution in [0.15, 0.2) is 47.4 Å². The van der Waals surface area contributed by atoms with Gasteiger partial charge in [0.15, 0.2) is 0 Å². The number of sulfonamides is 1. The Balaban J connectivity index is 1.67. The lowest BCUT2D eigenvalue weighted by Gasteiger charge is -2.34. The molecule has 1 fully saturated rings. The van der Waals surface area contributed by atoms with E-state index in [0.29, 0.717) is 48.9 Å². The Morgan fingerprint density at radius 3 is 2.21 bits per heavy atom. The van der Waals surface area contributed by atoms with Gasteiger partial charge in [0.1, 0.15) is 0 Å². The van der Waals surface area contributed by atoms with Gasteiger partial charge in [0, 0.05) is 43.7 Å². The average molecular weight is 492 g/mol. The number of amides is 1. The maximum atomic E-state index is 13.4. The number of hydrogen-bond acceptors (Lipinski definition) is 4. The van der Waals surface area contributed by atoms with Crippen LogP contribution in [0.1, 0.15) is 29.5 Å². The Morgan fingerprint density at radius 2 is 1.64 bits per heavy atom. The Labute approximate surface area is 203 Å². The molecule has 1 amide bonds. The molecule has 2 aromatic carbocycles. The minimum atomic E-state index is -3.56. The summed E-state index contributed by atoms with van der Waals surface area (Å²) in [7, 11) is 0.419. The van der Waals surface area contributed by atoms with Crippen molar-refractivity contribution in [3.63, 3.8) is 0 Å². The van der Waals surface area contributed by atoms with Gasteiger partial charge in [-0.1, -0.05) is 29.8 Å². The van der Waals surface area contributed by atoms with E-state index in [2.05, 4.69) is 4.90 Å². The van der Waals surface area contributed by atoms with E-state index in [9.17, 15) is 13.2 Å². The molecule has 1 heterocycles. The quantitative estimate of drug-likeness (QED) is 0.561. The second-order valence-electron chi connectivity index (χ2n) is 9.11. The third-order valence-corrected chi connectivity index (χ3v) is 8.48. The molecule has 0 N–H and O–H groups in total. The van der Waals surface area contributed by atoms with E-state index in [1.54, 1.807) is 12.1 Å². The zero-order valence-corrected chi connectivity index (χ0v) is 21.5. The third kappa shape index (κ3) is 6.57. The summed E-state index contributed by atoms with van der Waals surface area (Å²) >= 11 is 6.01. The predicted octanol–water partition coefficient (Wildman–Crippen LogP) is 3.95. The number of carbonyl (C=O) groups is 1. The van der Waals surface area contributed by atoms with Crippen molar-refractivity contribution in [1.82, 2.24) is 14.1 Å². The highest BCUT2D eigenvalue weighted by atomic mass is 35.5. The standard InChI is InChI=1S/C25H34ClN3O3S/c1-19-5-10-24(17-20(19)2)33(31,32)29-13-11-22(12-14-29)25(30)28(16-15-27(3)4)18-21-6-8-23(26)9-7-21/h5-10,17,22H,11-16,18H2,1-4H3. The molecule has 1 saturated heterocycles. The van der Waals surface area contributed by atoms with Crippen LogP contribution in [0, 0.1) is 19.8 Å². The molecule has 1 aliphatic heterocycles. The highest BCUT2D eigenvalue weighted by molar-refractivity contribution is 7.89. The summed E-state index contributed by atoms with van der Waals surface area (Å²) in [5.41, 5.74) is 3.05. The van der Waals surface area contributed by atoms with Crippen molar-refractivity contribution in [3.8, 4) is 0 Å². The molecule has 0 spiro atoms. The molecule has 33 heavy (non-hydrogen) atoms. The molecule has 0 radical (unpaired) electrons. The average Bonchev–Trinajstić information content (AvgIpc) is 2.79. The van der Waals surface area contributed by atoms with Gasteiger partial charge in [-0.25, -0.2) is 8.42 Å². The highest BCUT2D eigenvalue weighted by Gasteiger charge is 2.34. The molecule has 0 bridgehead atoms. The van der Waals surface area contributed by atoms with Crippen molar-refractivity contribution >= 4 is 27.5 Å². The number of likely N-dealkylation sites (N-methyl/N-ethyl adjacent to an activating group) is 1. The second kappa shape index (κ2) is 11.0. The first kappa shape index (κ1) is 25.7. The van der Waals surface area contributed by atoms with Crippen LogP contribution in [-0.2, 0) is 21.4 Å². The van der Waals surface area contributed by atoms with Crippen LogP contribution < -0.4 is 0 Å². The number of rotatable bonds is 8. The molecular formula is C25H34ClN3O3S. The summed E-state index contributed by atoms with van der Waals surface area (Å²) in [4.78, 5) is 17.7. The summed E-state index contributed by atoms with van der Waals surface area (Å²) in [5.74, 6) is -0.0827. The first-order valence-electron chi connectivity index (χ1n) is 11.3. The normalized spacial score (nSPS) is 15.7. The first-order valence-corrected chi connectivity index (χ1v) is 13.1. The SMILES string of the molecule is Cc1ccc(S(=O)(=O)N2CCC(C(=O)N(CCN(C)C)Cc3ccc(Cl)cc3)CC2)cc1C. The van der Waals surface area contributed by atoms with E-state index in [1.165, 1.54) is 4.31 Å². The van der Waals surface area contributed by atoms with Crippen molar-refractivity contribution in [3.05, 3.63) is 64.2 Å². The van der Waals surface area contributed by atoms with Crippen LogP contribution in [0.3, 0.4) is 0 Å². The van der Waals surface area contributed by atoms with Crippen molar-refractivity contribution in [1.29, 1.82) is 0 Å². The number of carbonyl (C=O) groups excluding carboxylic acids is 1. The largest absolute Gasteiger partial charge is 0.337 e. The molecule has 0 aliphatic carbocycles. The van der Waals surface area contributed by atoms with Gasteiger partial charge < -0.3 is 9.80 Å². The van der Waals surface area contributed by atoms with Gasteiger partial charge in [-0.15, -0.1) is 0 Å². The fourth-order valence-corrected chi connectivity index (χ4v) is 5.70. The number of halogens is 1. The molecule has 6 nitrogen and oxygen atoms in total. The Hall–Kier alpha value is -1.93. The van der Waals surface area contributed by atoms with E-state index in [1.807, 2.05) is 63.2 Å². The Bertz CT molecular complexity index is 1060. The summed E-state index contributed by atoms with van der Waals surface area (Å²) in [5, 5.41) is 0.669. The van der Waals surface area contributed by atoms with Crippen LogP contribution in [0.25, 0.3) is 0 Å². The van der Waals surface area contributed by atoms with Crippen LogP contribution in [0.2, 0.25) is 5.02 Å². The molecule has 180 valence electrons. The fourth-order valence-electron chi connectivity index (χ4n) is 4.02. The second-order valence-corrected chi connectivity index (χ2v) is 11.5. The monoisotopic (exact) mass is 491 g/mol. The summed E-state index contributed by atoms with van der Waals surface area (Å²) in [6.07, 6.45) is 1.06. The van der Waals surface area contributed by atoms with Gasteiger partial charge in [-0.05, 0) is 81.7 Å². The molecule has 0 atom stereocenters. The van der Waals surface area contributed by atoms with Gasteiger partial charge in [-0.2, -0.15) is 4.31 Å². The van der Waals surface area contributed by atoms with Gasteiger partial charge in [0.2, 0.25) is 15.9 Å².